The standard InChI is InChI=1S/C11H19N3O3/c1-16-8-9-17-7-3-6-14-5-2-4-10(14)11(12)13-15/h2,4-5,15H,3,6-9H2,1H3,(H2,12,13). The van der Waals surface area contributed by atoms with E-state index < -0.39 is 0 Å². The van der Waals surface area contributed by atoms with Crippen LogP contribution in [0.15, 0.2) is 23.5 Å². The first-order chi connectivity index (χ1) is 8.29. The summed E-state index contributed by atoms with van der Waals surface area (Å²) in [5, 5.41) is 11.6. The lowest BCUT2D eigenvalue weighted by Crippen LogP contribution is -2.18. The van der Waals surface area contributed by atoms with Gasteiger partial charge in [-0.3, -0.25) is 0 Å². The Morgan fingerprint density at radius 3 is 3.00 bits per heavy atom. The van der Waals surface area contributed by atoms with Gasteiger partial charge in [0.2, 0.25) is 0 Å². The van der Waals surface area contributed by atoms with E-state index in [9.17, 15) is 0 Å². The third kappa shape index (κ3) is 4.46. The van der Waals surface area contributed by atoms with Gasteiger partial charge in [-0.2, -0.15) is 0 Å². The number of nitrogens with zero attached hydrogens (tertiary/aromatic N) is 2. The first-order valence-electron chi connectivity index (χ1n) is 5.49. The number of rotatable bonds is 8. The lowest BCUT2D eigenvalue weighted by Gasteiger charge is -2.08. The molecule has 0 saturated heterocycles. The molecule has 1 heterocycles. The Labute approximate surface area is 101 Å². The fourth-order valence-corrected chi connectivity index (χ4v) is 1.47. The number of aryl methyl sites for hydroxylation is 1. The SMILES string of the molecule is COCCOCCCn1cccc1/C(N)=N/O. The van der Waals surface area contributed by atoms with Crippen LogP contribution in [-0.4, -0.2) is 42.5 Å². The number of hydrogen-bond donors (Lipinski definition) is 2. The summed E-state index contributed by atoms with van der Waals surface area (Å²) in [6, 6.07) is 3.67. The number of nitrogens with two attached hydrogens (primary N) is 1. The van der Waals surface area contributed by atoms with Crippen molar-refractivity contribution in [3.63, 3.8) is 0 Å². The minimum absolute atomic E-state index is 0.121. The van der Waals surface area contributed by atoms with E-state index in [1.165, 1.54) is 0 Å². The molecule has 0 amide bonds. The Morgan fingerprint density at radius 2 is 2.29 bits per heavy atom. The van der Waals surface area contributed by atoms with Gasteiger partial charge in [0, 0.05) is 26.5 Å². The van der Waals surface area contributed by atoms with Gasteiger partial charge in [0.1, 0.15) is 0 Å². The molecule has 1 aromatic rings. The molecular formula is C11H19N3O3. The first-order valence-corrected chi connectivity index (χ1v) is 5.49. The van der Waals surface area contributed by atoms with Crippen molar-refractivity contribution in [2.75, 3.05) is 26.9 Å². The van der Waals surface area contributed by atoms with Crippen molar-refractivity contribution in [1.29, 1.82) is 0 Å². The van der Waals surface area contributed by atoms with Crippen LogP contribution in [-0.2, 0) is 16.0 Å². The highest BCUT2D eigenvalue weighted by molar-refractivity contribution is 5.95. The molecule has 6 nitrogen and oxygen atoms in total. The van der Waals surface area contributed by atoms with Crippen molar-refractivity contribution in [2.24, 2.45) is 10.9 Å². The van der Waals surface area contributed by atoms with Gasteiger partial charge < -0.3 is 25.0 Å². The molecule has 0 aliphatic carbocycles. The average Bonchev–Trinajstić information content (AvgIpc) is 2.81. The molecule has 0 fully saturated rings. The quantitative estimate of drug-likeness (QED) is 0.230. The van der Waals surface area contributed by atoms with Crippen LogP contribution in [0, 0.1) is 0 Å². The summed E-state index contributed by atoms with van der Waals surface area (Å²) in [5.41, 5.74) is 6.25. The summed E-state index contributed by atoms with van der Waals surface area (Å²) in [7, 11) is 1.65. The molecule has 6 heteroatoms. The first kappa shape index (κ1) is 13.5. The Hall–Kier alpha value is -1.53. The zero-order valence-corrected chi connectivity index (χ0v) is 10.0. The van der Waals surface area contributed by atoms with Crippen molar-refractivity contribution in [3.05, 3.63) is 24.0 Å². The molecule has 3 N–H and O–H groups in total. The van der Waals surface area contributed by atoms with E-state index in [-0.39, 0.29) is 5.84 Å². The van der Waals surface area contributed by atoms with Gasteiger partial charge in [-0.15, -0.1) is 0 Å². The highest BCUT2D eigenvalue weighted by Gasteiger charge is 2.04. The van der Waals surface area contributed by atoms with E-state index in [2.05, 4.69) is 5.16 Å². The summed E-state index contributed by atoms with van der Waals surface area (Å²) >= 11 is 0. The molecule has 0 aromatic carbocycles. The second-order valence-corrected chi connectivity index (χ2v) is 3.53. The minimum atomic E-state index is 0.121. The van der Waals surface area contributed by atoms with Gasteiger partial charge in [0.05, 0.1) is 18.9 Å². The Kier molecular flexibility index (Phi) is 6.13. The highest BCUT2D eigenvalue weighted by atomic mass is 16.5. The summed E-state index contributed by atoms with van der Waals surface area (Å²) in [4.78, 5) is 0. The number of methoxy groups -OCH3 is 1. The second-order valence-electron chi connectivity index (χ2n) is 3.53. The number of amidine groups is 1. The summed E-state index contributed by atoms with van der Waals surface area (Å²) < 4.78 is 12.1. The van der Waals surface area contributed by atoms with Crippen LogP contribution in [0.2, 0.25) is 0 Å². The lowest BCUT2D eigenvalue weighted by atomic mass is 10.4. The summed E-state index contributed by atoms with van der Waals surface area (Å²) in [6.45, 7) is 2.65. The normalized spacial score (nSPS) is 11.9. The molecule has 0 saturated carbocycles. The van der Waals surface area contributed by atoms with Gasteiger partial charge in [0.15, 0.2) is 5.84 Å². The van der Waals surface area contributed by atoms with Crippen molar-refractivity contribution >= 4 is 5.84 Å². The summed E-state index contributed by atoms with van der Waals surface area (Å²) in [6.07, 6.45) is 2.76. The van der Waals surface area contributed by atoms with E-state index in [1.807, 2.05) is 16.8 Å². The molecule has 0 bridgehead atoms. The van der Waals surface area contributed by atoms with Crippen molar-refractivity contribution < 1.29 is 14.7 Å². The van der Waals surface area contributed by atoms with Crippen molar-refractivity contribution in [1.82, 2.24) is 4.57 Å². The Morgan fingerprint density at radius 1 is 1.47 bits per heavy atom. The predicted molar refractivity (Wildman–Crippen MR) is 64.3 cm³/mol. The van der Waals surface area contributed by atoms with Crippen LogP contribution >= 0.6 is 0 Å². The topological polar surface area (TPSA) is 82.0 Å². The number of hydrogen-bond acceptors (Lipinski definition) is 4. The van der Waals surface area contributed by atoms with E-state index >= 15 is 0 Å². The molecule has 96 valence electrons. The molecule has 0 atom stereocenters. The molecule has 17 heavy (non-hydrogen) atoms. The maximum Gasteiger partial charge on any atom is 0.186 e. The molecule has 1 aromatic heterocycles. The number of oxime groups is 1. The smallest absolute Gasteiger partial charge is 0.186 e. The van der Waals surface area contributed by atoms with E-state index in [0.717, 1.165) is 13.0 Å². The third-order valence-corrected chi connectivity index (χ3v) is 2.32. The fourth-order valence-electron chi connectivity index (χ4n) is 1.47. The molecule has 0 aliphatic heterocycles. The van der Waals surface area contributed by atoms with Crippen LogP contribution in [0.1, 0.15) is 12.1 Å². The molecule has 0 unspecified atom stereocenters. The van der Waals surface area contributed by atoms with E-state index in [4.69, 9.17) is 20.4 Å². The number of ether oxygens (including phenoxy) is 2. The van der Waals surface area contributed by atoms with Crippen molar-refractivity contribution in [3.8, 4) is 0 Å². The minimum Gasteiger partial charge on any atom is -0.409 e. The average molecular weight is 241 g/mol. The van der Waals surface area contributed by atoms with Crippen LogP contribution in [0.3, 0.4) is 0 Å². The maximum absolute atomic E-state index is 8.61. The largest absolute Gasteiger partial charge is 0.409 e. The monoisotopic (exact) mass is 241 g/mol. The van der Waals surface area contributed by atoms with Crippen LogP contribution < -0.4 is 5.73 Å². The van der Waals surface area contributed by atoms with Crippen LogP contribution in [0.25, 0.3) is 0 Å². The predicted octanol–water partition coefficient (Wildman–Crippen LogP) is 0.636. The third-order valence-electron chi connectivity index (χ3n) is 2.32. The number of aromatic nitrogens is 1. The van der Waals surface area contributed by atoms with Gasteiger partial charge in [0.25, 0.3) is 0 Å². The van der Waals surface area contributed by atoms with Crippen LogP contribution in [0.4, 0.5) is 0 Å². The van der Waals surface area contributed by atoms with Gasteiger partial charge in [-0.25, -0.2) is 0 Å². The zero-order valence-electron chi connectivity index (χ0n) is 10.0. The van der Waals surface area contributed by atoms with Crippen molar-refractivity contribution in [2.45, 2.75) is 13.0 Å². The lowest BCUT2D eigenvalue weighted by molar-refractivity contribution is 0.0680. The van der Waals surface area contributed by atoms with E-state index in [0.29, 0.717) is 25.5 Å². The fraction of sp³-hybridized carbons (Fsp3) is 0.545. The Bertz CT molecular complexity index is 349. The maximum atomic E-state index is 8.61. The highest BCUT2D eigenvalue weighted by Crippen LogP contribution is 2.03. The van der Waals surface area contributed by atoms with E-state index in [1.54, 1.807) is 13.2 Å². The van der Waals surface area contributed by atoms with Gasteiger partial charge in [-0.05, 0) is 18.6 Å². The molecular weight excluding hydrogens is 222 g/mol. The molecule has 0 spiro atoms. The molecule has 1 rings (SSSR count). The molecule has 0 radical (unpaired) electrons. The van der Waals surface area contributed by atoms with Gasteiger partial charge >= 0.3 is 0 Å². The van der Waals surface area contributed by atoms with Gasteiger partial charge in [-0.1, -0.05) is 5.16 Å². The van der Waals surface area contributed by atoms with Crippen LogP contribution in [0.5, 0.6) is 0 Å². The molecule has 0 aliphatic rings. The zero-order chi connectivity index (χ0) is 12.5. The Balaban J connectivity index is 2.30. The summed E-state index contributed by atoms with van der Waals surface area (Å²) in [5.74, 6) is 0.121. The second kappa shape index (κ2) is 7.70.